The third-order valence-corrected chi connectivity index (χ3v) is 3.33. The minimum Gasteiger partial charge on any atom is -0.347 e. The Hall–Kier alpha value is -1.42. The van der Waals surface area contributed by atoms with Gasteiger partial charge in [-0.15, -0.1) is 0 Å². The molecule has 4 heteroatoms. The summed E-state index contributed by atoms with van der Waals surface area (Å²) in [7, 11) is 3.55. The molecule has 19 heavy (non-hydrogen) atoms. The van der Waals surface area contributed by atoms with Crippen molar-refractivity contribution in [3.05, 3.63) is 28.6 Å². The van der Waals surface area contributed by atoms with Crippen LogP contribution in [0.2, 0.25) is 0 Å². The molecule has 0 aliphatic heterocycles. The van der Waals surface area contributed by atoms with Crippen molar-refractivity contribution in [3.8, 4) is 0 Å². The van der Waals surface area contributed by atoms with E-state index >= 15 is 0 Å². The van der Waals surface area contributed by atoms with Crippen LogP contribution < -0.4 is 5.32 Å². The van der Waals surface area contributed by atoms with Crippen LogP contribution in [0.5, 0.6) is 0 Å². The normalized spacial score (nSPS) is 14.1. The van der Waals surface area contributed by atoms with Gasteiger partial charge in [0.1, 0.15) is 0 Å². The zero-order chi connectivity index (χ0) is 14.7. The molecular weight excluding hydrogens is 238 g/mol. The lowest BCUT2D eigenvalue weighted by Crippen LogP contribution is -2.42. The summed E-state index contributed by atoms with van der Waals surface area (Å²) in [5, 5.41) is 3.35. The number of aromatic nitrogens is 1. The van der Waals surface area contributed by atoms with E-state index in [1.807, 2.05) is 20.8 Å². The fourth-order valence-corrected chi connectivity index (χ4v) is 2.61. The minimum absolute atomic E-state index is 0.0854. The van der Waals surface area contributed by atoms with Gasteiger partial charge in [0, 0.05) is 31.5 Å². The zero-order valence-corrected chi connectivity index (χ0v) is 13.0. The quantitative estimate of drug-likeness (QED) is 0.905. The van der Waals surface area contributed by atoms with E-state index in [0.717, 1.165) is 11.4 Å². The topological polar surface area (TPSA) is 45.2 Å². The molecule has 1 aromatic rings. The monoisotopic (exact) mass is 263 g/mol. The number of hydrogen-bond donors (Lipinski definition) is 1. The Bertz CT molecular complexity index is 445. The number of amides is 1. The van der Waals surface area contributed by atoms with E-state index in [2.05, 4.69) is 30.2 Å². The smallest absolute Gasteiger partial charge is 0.238 e. The first-order valence-corrected chi connectivity index (χ1v) is 6.66. The van der Waals surface area contributed by atoms with Crippen LogP contribution in [0.3, 0.4) is 0 Å². The van der Waals surface area contributed by atoms with Gasteiger partial charge in [-0.1, -0.05) is 0 Å². The van der Waals surface area contributed by atoms with Gasteiger partial charge in [0.2, 0.25) is 5.91 Å². The number of likely N-dealkylation sites (N-methyl/N-ethyl adjacent to an activating group) is 1. The molecule has 0 fully saturated rings. The SMILES string of the molecule is Cc1cc(C)c(C(C)NC(C)C(=O)N(C)C)c(C)n1. The van der Waals surface area contributed by atoms with E-state index < -0.39 is 0 Å². The van der Waals surface area contributed by atoms with Crippen molar-refractivity contribution in [2.24, 2.45) is 0 Å². The Labute approximate surface area is 116 Å². The summed E-state index contributed by atoms with van der Waals surface area (Å²) in [5.74, 6) is 0.0854. The Morgan fingerprint density at radius 3 is 2.32 bits per heavy atom. The van der Waals surface area contributed by atoms with E-state index in [1.54, 1.807) is 19.0 Å². The number of carbonyl (C=O) groups excluding carboxylic acids is 1. The van der Waals surface area contributed by atoms with Gasteiger partial charge in [0.15, 0.2) is 0 Å². The number of carbonyl (C=O) groups is 1. The fourth-order valence-electron chi connectivity index (χ4n) is 2.61. The maximum absolute atomic E-state index is 11.9. The number of pyridine rings is 1. The van der Waals surface area contributed by atoms with Crippen molar-refractivity contribution >= 4 is 5.91 Å². The summed E-state index contributed by atoms with van der Waals surface area (Å²) in [6, 6.07) is 1.98. The van der Waals surface area contributed by atoms with Crippen molar-refractivity contribution < 1.29 is 4.79 Å². The second-order valence-electron chi connectivity index (χ2n) is 5.42. The summed E-state index contributed by atoms with van der Waals surface area (Å²) in [5.41, 5.74) is 4.46. The lowest BCUT2D eigenvalue weighted by atomic mass is 9.99. The number of rotatable bonds is 4. The molecule has 0 saturated carbocycles. The molecule has 1 aromatic heterocycles. The molecule has 1 heterocycles. The Kier molecular flexibility index (Phi) is 5.06. The van der Waals surface area contributed by atoms with E-state index in [1.165, 1.54) is 11.1 Å². The lowest BCUT2D eigenvalue weighted by molar-refractivity contribution is -0.130. The average Bonchev–Trinajstić information content (AvgIpc) is 2.25. The molecular formula is C15H25N3O. The van der Waals surface area contributed by atoms with Crippen LogP contribution in [0.1, 0.15) is 42.4 Å². The third kappa shape index (κ3) is 3.77. The largest absolute Gasteiger partial charge is 0.347 e. The molecule has 0 radical (unpaired) electrons. The Morgan fingerprint density at radius 2 is 1.84 bits per heavy atom. The Morgan fingerprint density at radius 1 is 1.26 bits per heavy atom. The molecule has 106 valence electrons. The maximum Gasteiger partial charge on any atom is 0.238 e. The van der Waals surface area contributed by atoms with Crippen LogP contribution in [-0.4, -0.2) is 35.9 Å². The van der Waals surface area contributed by atoms with Crippen LogP contribution in [0, 0.1) is 20.8 Å². The molecule has 1 amide bonds. The molecule has 1 rings (SSSR count). The fraction of sp³-hybridized carbons (Fsp3) is 0.600. The molecule has 0 aliphatic rings. The van der Waals surface area contributed by atoms with Crippen LogP contribution in [0.25, 0.3) is 0 Å². The molecule has 0 saturated heterocycles. The maximum atomic E-state index is 11.9. The van der Waals surface area contributed by atoms with E-state index in [4.69, 9.17) is 0 Å². The van der Waals surface area contributed by atoms with Crippen molar-refractivity contribution in [3.63, 3.8) is 0 Å². The molecule has 0 aliphatic carbocycles. The van der Waals surface area contributed by atoms with Crippen molar-refractivity contribution in [1.82, 2.24) is 15.2 Å². The molecule has 0 aromatic carbocycles. The summed E-state index contributed by atoms with van der Waals surface area (Å²) < 4.78 is 0. The first-order valence-electron chi connectivity index (χ1n) is 6.66. The van der Waals surface area contributed by atoms with Crippen molar-refractivity contribution in [1.29, 1.82) is 0 Å². The highest BCUT2D eigenvalue weighted by Crippen LogP contribution is 2.21. The molecule has 2 atom stereocenters. The van der Waals surface area contributed by atoms with Crippen LogP contribution in [0.4, 0.5) is 0 Å². The van der Waals surface area contributed by atoms with Gasteiger partial charge in [-0.05, 0) is 51.8 Å². The first kappa shape index (κ1) is 15.6. The Balaban J connectivity index is 2.90. The van der Waals surface area contributed by atoms with E-state index in [-0.39, 0.29) is 18.0 Å². The number of nitrogens with one attached hydrogen (secondary N) is 1. The van der Waals surface area contributed by atoms with Crippen LogP contribution in [-0.2, 0) is 4.79 Å². The molecule has 0 bridgehead atoms. The van der Waals surface area contributed by atoms with Gasteiger partial charge < -0.3 is 4.90 Å². The standard InChI is InChI=1S/C15H25N3O/c1-9-8-10(2)16-11(3)14(9)12(4)17-13(5)15(19)18(6)7/h8,12-13,17H,1-7H3. The summed E-state index contributed by atoms with van der Waals surface area (Å²) >= 11 is 0. The molecule has 0 spiro atoms. The lowest BCUT2D eigenvalue weighted by Gasteiger charge is -2.24. The van der Waals surface area contributed by atoms with E-state index in [0.29, 0.717) is 0 Å². The third-order valence-electron chi connectivity index (χ3n) is 3.33. The van der Waals surface area contributed by atoms with Gasteiger partial charge in [0.25, 0.3) is 0 Å². The van der Waals surface area contributed by atoms with Gasteiger partial charge in [-0.25, -0.2) is 0 Å². The second kappa shape index (κ2) is 6.15. The van der Waals surface area contributed by atoms with Crippen LogP contribution >= 0.6 is 0 Å². The predicted molar refractivity (Wildman–Crippen MR) is 78.2 cm³/mol. The highest BCUT2D eigenvalue weighted by Gasteiger charge is 2.20. The molecule has 2 unspecified atom stereocenters. The van der Waals surface area contributed by atoms with Gasteiger partial charge in [-0.3, -0.25) is 15.1 Å². The number of hydrogen-bond acceptors (Lipinski definition) is 3. The second-order valence-corrected chi connectivity index (χ2v) is 5.42. The van der Waals surface area contributed by atoms with Gasteiger partial charge >= 0.3 is 0 Å². The summed E-state index contributed by atoms with van der Waals surface area (Å²) in [6.45, 7) is 10.1. The predicted octanol–water partition coefficient (Wildman–Crippen LogP) is 2.13. The van der Waals surface area contributed by atoms with Crippen molar-refractivity contribution in [2.75, 3.05) is 14.1 Å². The molecule has 1 N–H and O–H groups in total. The molecule has 4 nitrogen and oxygen atoms in total. The van der Waals surface area contributed by atoms with Crippen molar-refractivity contribution in [2.45, 2.75) is 46.7 Å². The number of aryl methyl sites for hydroxylation is 3. The highest BCUT2D eigenvalue weighted by molar-refractivity contribution is 5.80. The van der Waals surface area contributed by atoms with Crippen LogP contribution in [0.15, 0.2) is 6.07 Å². The average molecular weight is 263 g/mol. The van der Waals surface area contributed by atoms with Gasteiger partial charge in [0.05, 0.1) is 6.04 Å². The highest BCUT2D eigenvalue weighted by atomic mass is 16.2. The van der Waals surface area contributed by atoms with E-state index in [9.17, 15) is 4.79 Å². The minimum atomic E-state index is -0.204. The zero-order valence-electron chi connectivity index (χ0n) is 13.0. The summed E-state index contributed by atoms with van der Waals surface area (Å²) in [4.78, 5) is 18.0. The number of nitrogens with zero attached hydrogens (tertiary/aromatic N) is 2. The van der Waals surface area contributed by atoms with Gasteiger partial charge in [-0.2, -0.15) is 0 Å². The first-order chi connectivity index (χ1) is 8.73. The summed E-state index contributed by atoms with van der Waals surface area (Å²) in [6.07, 6.45) is 0.